The Hall–Kier alpha value is -1.85. The van der Waals surface area contributed by atoms with Gasteiger partial charge in [0.2, 0.25) is 5.91 Å². The van der Waals surface area contributed by atoms with Gasteiger partial charge in [0, 0.05) is 25.8 Å². The van der Waals surface area contributed by atoms with E-state index in [-0.39, 0.29) is 30.3 Å². The lowest BCUT2D eigenvalue weighted by molar-refractivity contribution is -0.125. The first kappa shape index (κ1) is 19.2. The highest BCUT2D eigenvalue weighted by Gasteiger charge is 2.21. The molecule has 3 N–H and O–H groups in total. The van der Waals surface area contributed by atoms with Gasteiger partial charge in [0.05, 0.1) is 12.1 Å². The van der Waals surface area contributed by atoms with E-state index in [1.54, 1.807) is 4.68 Å². The van der Waals surface area contributed by atoms with Crippen molar-refractivity contribution in [2.75, 3.05) is 6.54 Å². The standard InChI is InChI=1S/C17H24N4O.ClH/c1-13(16(18)15-8-4-3-5-9-15)17(22)19-10-6-7-14-11-20-21(2)12-14;/h3-5,8-9,11-13,16H,6-7,10,18H2,1-2H3,(H,19,22);1H. The second-order valence-corrected chi connectivity index (χ2v) is 5.64. The first-order chi connectivity index (χ1) is 10.6. The van der Waals surface area contributed by atoms with Gasteiger partial charge in [-0.25, -0.2) is 0 Å². The van der Waals surface area contributed by atoms with E-state index in [0.717, 1.165) is 18.4 Å². The third-order valence-electron chi connectivity index (χ3n) is 3.84. The summed E-state index contributed by atoms with van der Waals surface area (Å²) in [7, 11) is 1.90. The van der Waals surface area contributed by atoms with E-state index in [4.69, 9.17) is 5.73 Å². The number of hydrogen-bond donors (Lipinski definition) is 2. The molecule has 2 unspecified atom stereocenters. The number of nitrogens with one attached hydrogen (secondary N) is 1. The van der Waals surface area contributed by atoms with Crippen molar-refractivity contribution in [1.29, 1.82) is 0 Å². The molecule has 0 radical (unpaired) electrons. The van der Waals surface area contributed by atoms with E-state index in [1.165, 1.54) is 5.56 Å². The third kappa shape index (κ3) is 5.69. The monoisotopic (exact) mass is 336 g/mol. The Labute approximate surface area is 143 Å². The summed E-state index contributed by atoms with van der Waals surface area (Å²) in [6.07, 6.45) is 5.66. The molecule has 0 aliphatic carbocycles. The van der Waals surface area contributed by atoms with E-state index >= 15 is 0 Å². The first-order valence-corrected chi connectivity index (χ1v) is 7.63. The molecule has 1 aromatic carbocycles. The summed E-state index contributed by atoms with van der Waals surface area (Å²) in [5, 5.41) is 7.09. The lowest BCUT2D eigenvalue weighted by atomic mass is 9.94. The molecule has 1 amide bonds. The summed E-state index contributed by atoms with van der Waals surface area (Å²) in [4.78, 5) is 12.2. The van der Waals surface area contributed by atoms with Crippen LogP contribution in [0.25, 0.3) is 0 Å². The van der Waals surface area contributed by atoms with Crippen molar-refractivity contribution in [1.82, 2.24) is 15.1 Å². The predicted molar refractivity (Wildman–Crippen MR) is 94.3 cm³/mol. The lowest BCUT2D eigenvalue weighted by Crippen LogP contribution is -2.36. The van der Waals surface area contributed by atoms with E-state index < -0.39 is 0 Å². The summed E-state index contributed by atoms with van der Waals surface area (Å²) in [6.45, 7) is 2.52. The van der Waals surface area contributed by atoms with Crippen LogP contribution in [0.4, 0.5) is 0 Å². The zero-order valence-corrected chi connectivity index (χ0v) is 14.4. The molecular weight excluding hydrogens is 312 g/mol. The van der Waals surface area contributed by atoms with Crippen LogP contribution in [0.15, 0.2) is 42.7 Å². The number of nitrogens with zero attached hydrogens (tertiary/aromatic N) is 2. The number of carbonyl (C=O) groups excluding carboxylic acids is 1. The molecule has 1 aromatic heterocycles. The van der Waals surface area contributed by atoms with Crippen LogP contribution < -0.4 is 11.1 Å². The number of benzene rings is 1. The Morgan fingerprint density at radius 3 is 2.65 bits per heavy atom. The van der Waals surface area contributed by atoms with Gasteiger partial charge in [0.1, 0.15) is 0 Å². The maximum atomic E-state index is 12.2. The van der Waals surface area contributed by atoms with Crippen LogP contribution in [0.3, 0.4) is 0 Å². The number of hydrogen-bond acceptors (Lipinski definition) is 3. The molecule has 2 rings (SSSR count). The molecule has 0 spiro atoms. The fraction of sp³-hybridized carbons (Fsp3) is 0.412. The van der Waals surface area contributed by atoms with E-state index in [2.05, 4.69) is 10.4 Å². The molecule has 0 aliphatic heterocycles. The maximum Gasteiger partial charge on any atom is 0.224 e. The normalized spacial score (nSPS) is 13.0. The van der Waals surface area contributed by atoms with Crippen LogP contribution in [0, 0.1) is 5.92 Å². The molecule has 126 valence electrons. The average Bonchev–Trinajstić information content (AvgIpc) is 2.96. The van der Waals surface area contributed by atoms with E-state index in [1.807, 2.05) is 56.7 Å². The number of aryl methyl sites for hydroxylation is 2. The van der Waals surface area contributed by atoms with Crippen molar-refractivity contribution in [3.8, 4) is 0 Å². The molecular formula is C17H25ClN4O. The minimum atomic E-state index is -0.278. The van der Waals surface area contributed by atoms with Gasteiger partial charge >= 0.3 is 0 Å². The molecule has 0 saturated carbocycles. The van der Waals surface area contributed by atoms with Crippen LogP contribution >= 0.6 is 12.4 Å². The average molecular weight is 337 g/mol. The fourth-order valence-electron chi connectivity index (χ4n) is 2.39. The minimum absolute atomic E-state index is 0. The maximum absolute atomic E-state index is 12.2. The number of amides is 1. The van der Waals surface area contributed by atoms with Gasteiger partial charge in [-0.2, -0.15) is 5.10 Å². The van der Waals surface area contributed by atoms with Gasteiger partial charge in [-0.1, -0.05) is 37.3 Å². The van der Waals surface area contributed by atoms with E-state index in [9.17, 15) is 4.79 Å². The topological polar surface area (TPSA) is 72.9 Å². The quantitative estimate of drug-likeness (QED) is 0.761. The van der Waals surface area contributed by atoms with Crippen molar-refractivity contribution < 1.29 is 4.79 Å². The smallest absolute Gasteiger partial charge is 0.224 e. The Bertz CT molecular complexity index is 600. The molecule has 2 aromatic rings. The van der Waals surface area contributed by atoms with Gasteiger partial charge < -0.3 is 11.1 Å². The Kier molecular flexibility index (Phi) is 7.78. The van der Waals surface area contributed by atoms with E-state index in [0.29, 0.717) is 6.54 Å². The summed E-state index contributed by atoms with van der Waals surface area (Å²) in [5.41, 5.74) is 8.34. The van der Waals surface area contributed by atoms with Crippen LogP contribution in [0.2, 0.25) is 0 Å². The molecule has 0 bridgehead atoms. The van der Waals surface area contributed by atoms with Crippen molar-refractivity contribution in [3.63, 3.8) is 0 Å². The molecule has 0 aliphatic rings. The third-order valence-corrected chi connectivity index (χ3v) is 3.84. The Balaban J connectivity index is 0.00000264. The largest absolute Gasteiger partial charge is 0.356 e. The van der Waals surface area contributed by atoms with Crippen molar-refractivity contribution in [2.45, 2.75) is 25.8 Å². The van der Waals surface area contributed by atoms with Crippen LogP contribution in [0.5, 0.6) is 0 Å². The summed E-state index contributed by atoms with van der Waals surface area (Å²) >= 11 is 0. The second-order valence-electron chi connectivity index (χ2n) is 5.64. The fourth-order valence-corrected chi connectivity index (χ4v) is 2.39. The van der Waals surface area contributed by atoms with Gasteiger partial charge in [-0.15, -0.1) is 12.4 Å². The molecule has 5 nitrogen and oxygen atoms in total. The molecule has 1 heterocycles. The Morgan fingerprint density at radius 1 is 1.35 bits per heavy atom. The number of carbonyl (C=O) groups is 1. The Morgan fingerprint density at radius 2 is 2.04 bits per heavy atom. The highest BCUT2D eigenvalue weighted by Crippen LogP contribution is 2.18. The van der Waals surface area contributed by atoms with Crippen LogP contribution in [-0.4, -0.2) is 22.2 Å². The second kappa shape index (κ2) is 9.33. The number of nitrogens with two attached hydrogens (primary N) is 1. The lowest BCUT2D eigenvalue weighted by Gasteiger charge is -2.19. The van der Waals surface area contributed by atoms with Gasteiger partial charge in [0.15, 0.2) is 0 Å². The van der Waals surface area contributed by atoms with Crippen LogP contribution in [0.1, 0.15) is 30.5 Å². The zero-order valence-electron chi connectivity index (χ0n) is 13.6. The summed E-state index contributed by atoms with van der Waals surface area (Å²) < 4.78 is 1.79. The highest BCUT2D eigenvalue weighted by atomic mass is 35.5. The van der Waals surface area contributed by atoms with Crippen LogP contribution in [-0.2, 0) is 18.3 Å². The minimum Gasteiger partial charge on any atom is -0.356 e. The number of halogens is 1. The number of rotatable bonds is 7. The molecule has 6 heteroatoms. The molecule has 0 fully saturated rings. The van der Waals surface area contributed by atoms with Gasteiger partial charge in [-0.3, -0.25) is 9.48 Å². The molecule has 2 atom stereocenters. The van der Waals surface area contributed by atoms with Crippen molar-refractivity contribution in [2.24, 2.45) is 18.7 Å². The molecule has 0 saturated heterocycles. The molecule has 23 heavy (non-hydrogen) atoms. The zero-order chi connectivity index (χ0) is 15.9. The first-order valence-electron chi connectivity index (χ1n) is 7.63. The summed E-state index contributed by atoms with van der Waals surface area (Å²) in [6, 6.07) is 9.45. The SMILES string of the molecule is CC(C(=O)NCCCc1cnn(C)c1)C(N)c1ccccc1.Cl. The predicted octanol–water partition coefficient (Wildman–Crippen LogP) is 2.23. The van der Waals surface area contributed by atoms with Gasteiger partial charge in [0.25, 0.3) is 0 Å². The highest BCUT2D eigenvalue weighted by molar-refractivity contribution is 5.85. The van der Waals surface area contributed by atoms with Crippen molar-refractivity contribution in [3.05, 3.63) is 53.9 Å². The van der Waals surface area contributed by atoms with Crippen molar-refractivity contribution >= 4 is 18.3 Å². The summed E-state index contributed by atoms with van der Waals surface area (Å²) in [5.74, 6) is -0.247. The number of aromatic nitrogens is 2. The van der Waals surface area contributed by atoms with Gasteiger partial charge in [-0.05, 0) is 24.0 Å².